The Labute approximate surface area is 139 Å². The quantitative estimate of drug-likeness (QED) is 0.816. The molecule has 0 amide bonds. The molecule has 1 atom stereocenters. The zero-order chi connectivity index (χ0) is 16.1. The number of fused-ring (bicyclic) bond motifs is 1. The molecule has 0 unspecified atom stereocenters. The molecule has 0 saturated heterocycles. The summed E-state index contributed by atoms with van der Waals surface area (Å²) in [5.74, 6) is 2.26. The third kappa shape index (κ3) is 4.33. The van der Waals surface area contributed by atoms with Gasteiger partial charge in [-0.25, -0.2) is 0 Å². The molecule has 5 heteroatoms. The highest BCUT2D eigenvalue weighted by Crippen LogP contribution is 2.30. The molecule has 0 fully saturated rings. The minimum Gasteiger partial charge on any atom is -0.486 e. The van der Waals surface area contributed by atoms with Crippen molar-refractivity contribution in [2.75, 3.05) is 32.6 Å². The van der Waals surface area contributed by atoms with Crippen LogP contribution in [-0.2, 0) is 17.3 Å². The number of hydrogen-bond donors (Lipinski definition) is 0. The van der Waals surface area contributed by atoms with Crippen LogP contribution in [0.1, 0.15) is 5.56 Å². The van der Waals surface area contributed by atoms with E-state index in [-0.39, 0.29) is 0 Å². The van der Waals surface area contributed by atoms with Crippen molar-refractivity contribution in [3.05, 3.63) is 54.1 Å². The van der Waals surface area contributed by atoms with E-state index in [4.69, 9.17) is 9.47 Å². The van der Waals surface area contributed by atoms with E-state index in [9.17, 15) is 4.21 Å². The summed E-state index contributed by atoms with van der Waals surface area (Å²) in [6.45, 7) is 2.78. The van der Waals surface area contributed by atoms with Crippen LogP contribution in [0.3, 0.4) is 0 Å². The van der Waals surface area contributed by atoms with Gasteiger partial charge in [-0.1, -0.05) is 24.3 Å². The third-order valence-electron chi connectivity index (χ3n) is 3.72. The highest BCUT2D eigenvalue weighted by Gasteiger charge is 2.12. The van der Waals surface area contributed by atoms with Gasteiger partial charge in [-0.2, -0.15) is 0 Å². The summed E-state index contributed by atoms with van der Waals surface area (Å²) < 4.78 is 23.4. The van der Waals surface area contributed by atoms with Crippen LogP contribution in [0.4, 0.5) is 0 Å². The maximum absolute atomic E-state index is 12.2. The first kappa shape index (κ1) is 16.0. The van der Waals surface area contributed by atoms with Gasteiger partial charge in [-0.3, -0.25) is 4.21 Å². The van der Waals surface area contributed by atoms with Gasteiger partial charge in [0, 0.05) is 23.7 Å². The lowest BCUT2D eigenvalue weighted by Crippen LogP contribution is -2.23. The Balaban J connectivity index is 1.53. The summed E-state index contributed by atoms with van der Waals surface area (Å²) in [7, 11) is 1.09. The molecule has 1 aliphatic rings. The van der Waals surface area contributed by atoms with Gasteiger partial charge in [0.15, 0.2) is 11.5 Å². The lowest BCUT2D eigenvalue weighted by atomic mass is 10.2. The first-order valence-electron chi connectivity index (χ1n) is 7.73. The fourth-order valence-corrected chi connectivity index (χ4v) is 3.68. The smallest absolute Gasteiger partial charge is 0.161 e. The SMILES string of the molecule is CN(CC[S@](=O)c1ccccc1)Cc1ccc2c(c1)OCCO2. The van der Waals surface area contributed by atoms with Crippen LogP contribution in [0.5, 0.6) is 11.5 Å². The first-order chi connectivity index (χ1) is 11.2. The van der Waals surface area contributed by atoms with E-state index in [1.165, 1.54) is 5.56 Å². The Kier molecular flexibility index (Phi) is 5.31. The Morgan fingerprint density at radius 1 is 1.04 bits per heavy atom. The Morgan fingerprint density at radius 2 is 1.78 bits per heavy atom. The average molecular weight is 331 g/mol. The highest BCUT2D eigenvalue weighted by molar-refractivity contribution is 7.85. The normalized spacial score (nSPS) is 14.7. The molecule has 122 valence electrons. The summed E-state index contributed by atoms with van der Waals surface area (Å²) in [4.78, 5) is 3.06. The number of ether oxygens (including phenoxy) is 2. The van der Waals surface area contributed by atoms with Crippen LogP contribution in [0.15, 0.2) is 53.4 Å². The molecule has 3 rings (SSSR count). The van der Waals surface area contributed by atoms with Gasteiger partial charge >= 0.3 is 0 Å². The first-order valence-corrected chi connectivity index (χ1v) is 9.05. The number of nitrogens with zero attached hydrogens (tertiary/aromatic N) is 1. The molecular formula is C18H21NO3S. The topological polar surface area (TPSA) is 38.8 Å². The van der Waals surface area contributed by atoms with Gasteiger partial charge in [0.05, 0.1) is 10.8 Å². The van der Waals surface area contributed by atoms with E-state index < -0.39 is 10.8 Å². The molecule has 0 N–H and O–H groups in total. The van der Waals surface area contributed by atoms with E-state index in [0.717, 1.165) is 29.5 Å². The molecular weight excluding hydrogens is 310 g/mol. The van der Waals surface area contributed by atoms with Crippen molar-refractivity contribution in [1.82, 2.24) is 4.90 Å². The zero-order valence-electron chi connectivity index (χ0n) is 13.2. The summed E-state index contributed by atoms with van der Waals surface area (Å²) in [6.07, 6.45) is 0. The molecule has 2 aromatic carbocycles. The molecule has 1 heterocycles. The minimum absolute atomic E-state index is 0.600. The second-order valence-corrected chi connectivity index (χ2v) is 7.15. The van der Waals surface area contributed by atoms with Gasteiger partial charge in [-0.05, 0) is 36.9 Å². The molecule has 4 nitrogen and oxygen atoms in total. The summed E-state index contributed by atoms with van der Waals surface area (Å²) in [6, 6.07) is 15.7. The van der Waals surface area contributed by atoms with E-state index in [1.807, 2.05) is 49.5 Å². The van der Waals surface area contributed by atoms with Gasteiger partial charge in [-0.15, -0.1) is 0 Å². The molecule has 0 aliphatic carbocycles. The van der Waals surface area contributed by atoms with Crippen molar-refractivity contribution in [3.8, 4) is 11.5 Å². The zero-order valence-corrected chi connectivity index (χ0v) is 14.1. The van der Waals surface area contributed by atoms with Crippen molar-refractivity contribution in [3.63, 3.8) is 0 Å². The maximum atomic E-state index is 12.2. The summed E-state index contributed by atoms with van der Waals surface area (Å²) in [5.41, 5.74) is 1.17. The molecule has 0 aromatic heterocycles. The third-order valence-corrected chi connectivity index (χ3v) is 5.07. The molecule has 0 radical (unpaired) electrons. The largest absolute Gasteiger partial charge is 0.486 e. The van der Waals surface area contributed by atoms with Crippen molar-refractivity contribution >= 4 is 10.8 Å². The predicted molar refractivity (Wildman–Crippen MR) is 91.5 cm³/mol. The summed E-state index contributed by atoms with van der Waals surface area (Å²) in [5, 5.41) is 0. The Bertz CT molecular complexity index is 675. The van der Waals surface area contributed by atoms with Crippen molar-refractivity contribution in [1.29, 1.82) is 0 Å². The fraction of sp³-hybridized carbons (Fsp3) is 0.333. The van der Waals surface area contributed by atoms with Crippen LogP contribution in [0.25, 0.3) is 0 Å². The average Bonchev–Trinajstić information content (AvgIpc) is 2.60. The van der Waals surface area contributed by atoms with Crippen LogP contribution >= 0.6 is 0 Å². The van der Waals surface area contributed by atoms with Crippen molar-refractivity contribution in [2.45, 2.75) is 11.4 Å². The number of hydrogen-bond acceptors (Lipinski definition) is 4. The molecule has 0 saturated carbocycles. The maximum Gasteiger partial charge on any atom is 0.161 e. The van der Waals surface area contributed by atoms with Gasteiger partial charge in [0.1, 0.15) is 13.2 Å². The molecule has 2 aromatic rings. The van der Waals surface area contributed by atoms with E-state index in [1.54, 1.807) is 0 Å². The van der Waals surface area contributed by atoms with E-state index >= 15 is 0 Å². The van der Waals surface area contributed by atoms with Crippen LogP contribution < -0.4 is 9.47 Å². The van der Waals surface area contributed by atoms with Crippen molar-refractivity contribution < 1.29 is 13.7 Å². The molecule has 0 bridgehead atoms. The Morgan fingerprint density at radius 3 is 2.57 bits per heavy atom. The highest BCUT2D eigenvalue weighted by atomic mass is 32.2. The van der Waals surface area contributed by atoms with Gasteiger partial charge < -0.3 is 14.4 Å². The monoisotopic (exact) mass is 331 g/mol. The second-order valence-electron chi connectivity index (χ2n) is 5.58. The van der Waals surface area contributed by atoms with E-state index in [2.05, 4.69) is 11.0 Å². The molecule has 23 heavy (non-hydrogen) atoms. The number of rotatable bonds is 6. The summed E-state index contributed by atoms with van der Waals surface area (Å²) >= 11 is 0. The van der Waals surface area contributed by atoms with E-state index in [0.29, 0.717) is 19.0 Å². The molecule has 1 aliphatic heterocycles. The fourth-order valence-electron chi connectivity index (χ4n) is 2.51. The number of benzene rings is 2. The van der Waals surface area contributed by atoms with Gasteiger partial charge in [0.25, 0.3) is 0 Å². The lowest BCUT2D eigenvalue weighted by molar-refractivity contribution is 0.171. The standard InChI is InChI=1S/C18H21NO3S/c1-19(9-12-23(20)16-5-3-2-4-6-16)14-15-7-8-17-18(13-15)22-11-10-21-17/h2-8,13H,9-12,14H2,1H3/t23-/m0/s1. The Hall–Kier alpha value is -1.85. The lowest BCUT2D eigenvalue weighted by Gasteiger charge is -2.21. The molecule has 0 spiro atoms. The van der Waals surface area contributed by atoms with Crippen LogP contribution in [-0.4, -0.2) is 41.7 Å². The minimum atomic E-state index is -0.950. The predicted octanol–water partition coefficient (Wildman–Crippen LogP) is 2.70. The van der Waals surface area contributed by atoms with Crippen molar-refractivity contribution in [2.24, 2.45) is 0 Å². The van der Waals surface area contributed by atoms with Gasteiger partial charge in [0.2, 0.25) is 0 Å². The second kappa shape index (κ2) is 7.62. The van der Waals surface area contributed by atoms with Crippen LogP contribution in [0, 0.1) is 0 Å². The van der Waals surface area contributed by atoms with Crippen LogP contribution in [0.2, 0.25) is 0 Å².